The van der Waals surface area contributed by atoms with Crippen LogP contribution < -0.4 is 15.4 Å². The van der Waals surface area contributed by atoms with Crippen molar-refractivity contribution >= 4 is 40.8 Å². The number of ether oxygens (including phenoxy) is 2. The lowest BCUT2D eigenvalue weighted by molar-refractivity contribution is -0.137. The van der Waals surface area contributed by atoms with E-state index in [2.05, 4.69) is 10.6 Å². The molecule has 3 aromatic carbocycles. The van der Waals surface area contributed by atoms with Gasteiger partial charge in [0.1, 0.15) is 5.75 Å². The molecule has 0 aliphatic carbocycles. The quantitative estimate of drug-likeness (QED) is 0.411. The highest BCUT2D eigenvalue weighted by Gasteiger charge is 2.30. The SMILES string of the molecule is O=C(COc1ccc(C(=O)OCC(=O)Nc2ccccc2Cl)cc1)Nc1cccc(C(F)(F)F)c1. The van der Waals surface area contributed by atoms with Crippen LogP contribution in [0.2, 0.25) is 5.02 Å². The zero-order valence-electron chi connectivity index (χ0n) is 17.9. The van der Waals surface area contributed by atoms with Crippen LogP contribution in [0.25, 0.3) is 0 Å². The van der Waals surface area contributed by atoms with Crippen LogP contribution in [0, 0.1) is 0 Å². The normalized spacial score (nSPS) is 10.9. The summed E-state index contributed by atoms with van der Waals surface area (Å²) in [5.74, 6) is -1.76. The number of amides is 2. The van der Waals surface area contributed by atoms with Gasteiger partial charge in [0.05, 0.1) is 21.8 Å². The number of nitrogens with one attached hydrogen (secondary N) is 2. The molecule has 2 N–H and O–H groups in total. The monoisotopic (exact) mass is 506 g/mol. The summed E-state index contributed by atoms with van der Waals surface area (Å²) in [6.07, 6.45) is -4.53. The second kappa shape index (κ2) is 11.4. The molecule has 0 unspecified atom stereocenters. The van der Waals surface area contributed by atoms with Crippen LogP contribution >= 0.6 is 11.6 Å². The van der Waals surface area contributed by atoms with Crippen LogP contribution in [0.5, 0.6) is 5.75 Å². The third-order valence-corrected chi connectivity index (χ3v) is 4.75. The number of benzene rings is 3. The molecule has 0 fully saturated rings. The largest absolute Gasteiger partial charge is 0.484 e. The zero-order chi connectivity index (χ0) is 25.4. The zero-order valence-corrected chi connectivity index (χ0v) is 18.7. The van der Waals surface area contributed by atoms with Gasteiger partial charge in [0, 0.05) is 5.69 Å². The lowest BCUT2D eigenvalue weighted by Gasteiger charge is -2.11. The van der Waals surface area contributed by atoms with E-state index in [1.165, 1.54) is 36.4 Å². The lowest BCUT2D eigenvalue weighted by atomic mass is 10.2. The van der Waals surface area contributed by atoms with Crippen molar-refractivity contribution in [2.24, 2.45) is 0 Å². The number of esters is 1. The van der Waals surface area contributed by atoms with Gasteiger partial charge in [-0.25, -0.2) is 4.79 Å². The Bertz CT molecular complexity index is 1220. The van der Waals surface area contributed by atoms with Crippen LogP contribution in [-0.2, 0) is 20.5 Å². The fraction of sp³-hybridized carbons (Fsp3) is 0.125. The van der Waals surface area contributed by atoms with Crippen LogP contribution in [-0.4, -0.2) is 31.0 Å². The molecule has 0 heterocycles. The summed E-state index contributed by atoms with van der Waals surface area (Å²) in [7, 11) is 0. The second-order valence-corrected chi connectivity index (χ2v) is 7.45. The Kier molecular flexibility index (Phi) is 8.32. The van der Waals surface area contributed by atoms with Crippen molar-refractivity contribution in [2.45, 2.75) is 6.18 Å². The first-order valence-corrected chi connectivity index (χ1v) is 10.4. The Hall–Kier alpha value is -4.05. The first-order chi connectivity index (χ1) is 16.6. The minimum absolute atomic E-state index is 0.0231. The molecule has 0 aliphatic heterocycles. The predicted molar refractivity (Wildman–Crippen MR) is 122 cm³/mol. The van der Waals surface area contributed by atoms with Gasteiger partial charge in [-0.1, -0.05) is 29.8 Å². The number of carbonyl (C=O) groups excluding carboxylic acids is 3. The standard InChI is InChI=1S/C24H18ClF3N2O5/c25-19-6-1-2-7-20(19)30-22(32)14-35-23(33)15-8-10-18(11-9-15)34-13-21(31)29-17-5-3-4-16(12-17)24(26,27)28/h1-12H,13-14H2,(H,29,31)(H,30,32). The van der Waals surface area contributed by atoms with Gasteiger partial charge in [-0.3, -0.25) is 9.59 Å². The van der Waals surface area contributed by atoms with Gasteiger partial charge < -0.3 is 20.1 Å². The maximum absolute atomic E-state index is 12.8. The van der Waals surface area contributed by atoms with Crippen molar-refractivity contribution in [3.63, 3.8) is 0 Å². The summed E-state index contributed by atoms with van der Waals surface area (Å²) in [6.45, 7) is -1.000. The first kappa shape index (κ1) is 25.6. The van der Waals surface area contributed by atoms with E-state index in [9.17, 15) is 27.6 Å². The summed E-state index contributed by atoms with van der Waals surface area (Å²) in [6, 6.07) is 16.3. The molecule has 2 amide bonds. The number of hydrogen-bond acceptors (Lipinski definition) is 5. The van der Waals surface area contributed by atoms with Crippen molar-refractivity contribution < 1.29 is 37.0 Å². The average Bonchev–Trinajstić information content (AvgIpc) is 2.82. The number of carbonyl (C=O) groups is 3. The molecular weight excluding hydrogens is 489 g/mol. The maximum atomic E-state index is 12.8. The predicted octanol–water partition coefficient (Wildman–Crippen LogP) is 5.17. The summed E-state index contributed by atoms with van der Waals surface area (Å²) >= 11 is 5.95. The molecule has 0 radical (unpaired) electrons. The van der Waals surface area contributed by atoms with Crippen molar-refractivity contribution in [3.8, 4) is 5.75 Å². The second-order valence-electron chi connectivity index (χ2n) is 7.04. The minimum atomic E-state index is -4.53. The summed E-state index contributed by atoms with van der Waals surface area (Å²) in [4.78, 5) is 36.1. The van der Waals surface area contributed by atoms with E-state index >= 15 is 0 Å². The van der Waals surface area contributed by atoms with Gasteiger partial charge in [-0.15, -0.1) is 0 Å². The smallest absolute Gasteiger partial charge is 0.416 e. The highest BCUT2D eigenvalue weighted by Crippen LogP contribution is 2.30. The van der Waals surface area contributed by atoms with Gasteiger partial charge in [0.2, 0.25) is 0 Å². The van der Waals surface area contributed by atoms with Gasteiger partial charge in [0.25, 0.3) is 11.8 Å². The number of anilines is 2. The third-order valence-electron chi connectivity index (χ3n) is 4.42. The van der Waals surface area contributed by atoms with Gasteiger partial charge in [-0.2, -0.15) is 13.2 Å². The number of alkyl halides is 3. The first-order valence-electron chi connectivity index (χ1n) is 10.0. The fourth-order valence-corrected chi connectivity index (χ4v) is 2.95. The number of hydrogen-bond donors (Lipinski definition) is 2. The van der Waals surface area contributed by atoms with Gasteiger partial charge >= 0.3 is 12.1 Å². The molecule has 0 aromatic heterocycles. The minimum Gasteiger partial charge on any atom is -0.484 e. The Balaban J connectivity index is 1.45. The number of halogens is 4. The van der Waals surface area contributed by atoms with E-state index in [1.54, 1.807) is 24.3 Å². The van der Waals surface area contributed by atoms with E-state index in [-0.39, 0.29) is 17.0 Å². The van der Waals surface area contributed by atoms with E-state index in [1.807, 2.05) is 0 Å². The molecule has 0 bridgehead atoms. The average molecular weight is 507 g/mol. The highest BCUT2D eigenvalue weighted by molar-refractivity contribution is 6.33. The summed E-state index contributed by atoms with van der Waals surface area (Å²) in [5, 5.41) is 5.18. The van der Waals surface area contributed by atoms with E-state index in [0.29, 0.717) is 10.7 Å². The van der Waals surface area contributed by atoms with Crippen LogP contribution in [0.4, 0.5) is 24.5 Å². The maximum Gasteiger partial charge on any atom is 0.416 e. The van der Waals surface area contributed by atoms with Crippen molar-refractivity contribution in [1.82, 2.24) is 0 Å². The Morgan fingerprint density at radius 3 is 2.20 bits per heavy atom. The van der Waals surface area contributed by atoms with E-state index < -0.39 is 42.7 Å². The van der Waals surface area contributed by atoms with Crippen LogP contribution in [0.15, 0.2) is 72.8 Å². The molecule has 3 aromatic rings. The molecule has 0 spiro atoms. The number of rotatable bonds is 8. The summed E-state index contributed by atoms with van der Waals surface area (Å²) in [5.41, 5.74) is -0.393. The van der Waals surface area contributed by atoms with Crippen molar-refractivity contribution in [3.05, 3.63) is 88.9 Å². The number of para-hydroxylation sites is 1. The molecule has 0 saturated heterocycles. The highest BCUT2D eigenvalue weighted by atomic mass is 35.5. The molecule has 0 saturated carbocycles. The molecule has 0 aliphatic rings. The third kappa shape index (κ3) is 7.75. The molecule has 11 heteroatoms. The van der Waals surface area contributed by atoms with Gasteiger partial charge in [0.15, 0.2) is 13.2 Å². The topological polar surface area (TPSA) is 93.7 Å². The van der Waals surface area contributed by atoms with E-state index in [0.717, 1.165) is 12.1 Å². The van der Waals surface area contributed by atoms with Crippen molar-refractivity contribution in [2.75, 3.05) is 23.8 Å². The molecule has 0 atom stereocenters. The van der Waals surface area contributed by atoms with Crippen LogP contribution in [0.3, 0.4) is 0 Å². The molecular formula is C24H18ClF3N2O5. The fourth-order valence-electron chi connectivity index (χ4n) is 2.77. The van der Waals surface area contributed by atoms with Crippen molar-refractivity contribution in [1.29, 1.82) is 0 Å². The van der Waals surface area contributed by atoms with Crippen LogP contribution in [0.1, 0.15) is 15.9 Å². The molecule has 3 rings (SSSR count). The van der Waals surface area contributed by atoms with Gasteiger partial charge in [-0.05, 0) is 54.6 Å². The molecule has 7 nitrogen and oxygen atoms in total. The molecule has 35 heavy (non-hydrogen) atoms. The Morgan fingerprint density at radius 2 is 1.51 bits per heavy atom. The Labute approximate surface area is 202 Å². The Morgan fingerprint density at radius 1 is 0.829 bits per heavy atom. The lowest BCUT2D eigenvalue weighted by Crippen LogP contribution is -2.21. The molecule has 182 valence electrons. The van der Waals surface area contributed by atoms with E-state index in [4.69, 9.17) is 21.1 Å². The summed E-state index contributed by atoms with van der Waals surface area (Å²) < 4.78 is 48.5.